The fraction of sp³-hybridized carbons (Fsp3) is 0.706. The molecule has 0 aliphatic carbocycles. The van der Waals surface area contributed by atoms with Crippen LogP contribution in [0, 0.1) is 11.8 Å². The maximum atomic E-state index is 13.1. The van der Waals surface area contributed by atoms with E-state index in [1.54, 1.807) is 0 Å². The number of ether oxygens (including phenoxy) is 1. The normalized spacial score (nSPS) is 31.0. The van der Waals surface area contributed by atoms with Gasteiger partial charge in [-0.15, -0.1) is 0 Å². The van der Waals surface area contributed by atoms with Crippen LogP contribution in [-0.2, 0) is 9.53 Å². The molecule has 0 bridgehead atoms. The first-order chi connectivity index (χ1) is 10.1. The van der Waals surface area contributed by atoms with Gasteiger partial charge in [0.25, 0.3) is 0 Å². The van der Waals surface area contributed by atoms with Crippen molar-refractivity contribution in [3.05, 3.63) is 24.0 Å². The molecule has 3 heterocycles. The summed E-state index contributed by atoms with van der Waals surface area (Å²) in [6, 6.07) is 4.26. The highest BCUT2D eigenvalue weighted by atomic mass is 16.5. The Bertz CT molecular complexity index is 525. The van der Waals surface area contributed by atoms with Crippen molar-refractivity contribution >= 4 is 5.91 Å². The van der Waals surface area contributed by atoms with Gasteiger partial charge in [0, 0.05) is 6.20 Å². The van der Waals surface area contributed by atoms with Gasteiger partial charge in [0.2, 0.25) is 5.91 Å². The molecule has 0 N–H and O–H groups in total. The third kappa shape index (κ3) is 2.11. The number of carbonyl (C=O) groups is 1. The molecule has 116 valence electrons. The molecule has 0 spiro atoms. The zero-order valence-corrected chi connectivity index (χ0v) is 13.5. The summed E-state index contributed by atoms with van der Waals surface area (Å²) >= 11 is 0. The van der Waals surface area contributed by atoms with Crippen molar-refractivity contribution in [2.45, 2.75) is 58.8 Å². The minimum absolute atomic E-state index is 0.0792. The number of fused-ring (bicyclic) bond motifs is 3. The molecule has 2 aliphatic heterocycles. The van der Waals surface area contributed by atoms with Crippen LogP contribution >= 0.6 is 0 Å². The Hall–Kier alpha value is -1.29. The van der Waals surface area contributed by atoms with Crippen LogP contribution in [-0.4, -0.2) is 28.0 Å². The minimum Gasteiger partial charge on any atom is -0.350 e. The van der Waals surface area contributed by atoms with Crippen LogP contribution in [0.5, 0.6) is 0 Å². The zero-order valence-electron chi connectivity index (χ0n) is 13.5. The van der Waals surface area contributed by atoms with Crippen molar-refractivity contribution in [2.24, 2.45) is 11.8 Å². The highest BCUT2D eigenvalue weighted by Gasteiger charge is 2.49. The van der Waals surface area contributed by atoms with E-state index in [-0.39, 0.29) is 24.2 Å². The second-order valence-corrected chi connectivity index (χ2v) is 6.55. The molecule has 21 heavy (non-hydrogen) atoms. The standard InChI is InChI=1S/C17H26N2O2/c1-5-11(3)14-10-21-17-13-8-7-9-18(13)15(12(4)6-2)16(20)19(14)17/h7-9,11-12,14-15,17H,5-6,10H2,1-4H3/t11-,12+,14-,15+,17?/m1/s1. The maximum absolute atomic E-state index is 13.1. The second kappa shape index (κ2) is 5.48. The van der Waals surface area contributed by atoms with E-state index < -0.39 is 0 Å². The average molecular weight is 290 g/mol. The van der Waals surface area contributed by atoms with E-state index in [0.717, 1.165) is 18.5 Å². The Morgan fingerprint density at radius 3 is 2.67 bits per heavy atom. The molecule has 0 saturated carbocycles. The van der Waals surface area contributed by atoms with Crippen LogP contribution < -0.4 is 0 Å². The number of hydrogen-bond donors (Lipinski definition) is 0. The molecule has 1 fully saturated rings. The highest BCUT2D eigenvalue weighted by Crippen LogP contribution is 2.43. The maximum Gasteiger partial charge on any atom is 0.248 e. The predicted octanol–water partition coefficient (Wildman–Crippen LogP) is 3.36. The van der Waals surface area contributed by atoms with E-state index in [4.69, 9.17) is 4.74 Å². The van der Waals surface area contributed by atoms with Gasteiger partial charge in [0.05, 0.1) is 18.3 Å². The number of rotatable bonds is 4. The lowest BCUT2D eigenvalue weighted by Gasteiger charge is -2.41. The van der Waals surface area contributed by atoms with E-state index in [0.29, 0.717) is 18.4 Å². The minimum atomic E-state index is -0.188. The summed E-state index contributed by atoms with van der Waals surface area (Å²) in [7, 11) is 0. The number of amides is 1. The first-order valence-corrected chi connectivity index (χ1v) is 8.20. The predicted molar refractivity (Wildman–Crippen MR) is 81.7 cm³/mol. The number of carbonyl (C=O) groups excluding carboxylic acids is 1. The lowest BCUT2D eigenvalue weighted by Crippen LogP contribution is -2.50. The third-order valence-electron chi connectivity index (χ3n) is 5.39. The Kier molecular flexibility index (Phi) is 3.82. The summed E-state index contributed by atoms with van der Waals surface area (Å²) in [4.78, 5) is 15.2. The quantitative estimate of drug-likeness (QED) is 0.852. The summed E-state index contributed by atoms with van der Waals surface area (Å²) in [5, 5.41) is 0. The van der Waals surface area contributed by atoms with Crippen molar-refractivity contribution in [1.29, 1.82) is 0 Å². The number of aromatic nitrogens is 1. The van der Waals surface area contributed by atoms with Gasteiger partial charge >= 0.3 is 0 Å². The average Bonchev–Trinajstić information content (AvgIpc) is 3.12. The summed E-state index contributed by atoms with van der Waals surface area (Å²) in [5.41, 5.74) is 1.13. The first-order valence-electron chi connectivity index (χ1n) is 8.20. The van der Waals surface area contributed by atoms with Crippen LogP contribution in [0.2, 0.25) is 0 Å². The van der Waals surface area contributed by atoms with Crippen LogP contribution in [0.3, 0.4) is 0 Å². The molecule has 4 heteroatoms. The van der Waals surface area contributed by atoms with Crippen molar-refractivity contribution in [1.82, 2.24) is 9.47 Å². The lowest BCUT2D eigenvalue weighted by atomic mass is 9.92. The van der Waals surface area contributed by atoms with Gasteiger partial charge in [-0.25, -0.2) is 0 Å². The van der Waals surface area contributed by atoms with Gasteiger partial charge in [0.15, 0.2) is 6.23 Å². The Labute approximate surface area is 127 Å². The second-order valence-electron chi connectivity index (χ2n) is 6.55. The SMILES string of the molecule is CC[C@@H](C)[C@H]1COC2c3cccn3[C@@H]([C@@H](C)CC)C(=O)N21. The van der Waals surface area contributed by atoms with Gasteiger partial charge in [-0.1, -0.05) is 40.5 Å². The first kappa shape index (κ1) is 14.6. The Morgan fingerprint density at radius 2 is 2.00 bits per heavy atom. The monoisotopic (exact) mass is 290 g/mol. The van der Waals surface area contributed by atoms with Crippen LogP contribution in [0.15, 0.2) is 18.3 Å². The fourth-order valence-electron chi connectivity index (χ4n) is 3.62. The molecular weight excluding hydrogens is 264 g/mol. The molecule has 1 saturated heterocycles. The largest absolute Gasteiger partial charge is 0.350 e. The molecule has 0 aromatic carbocycles. The molecule has 3 rings (SSSR count). The van der Waals surface area contributed by atoms with Gasteiger partial charge in [0.1, 0.15) is 6.04 Å². The van der Waals surface area contributed by atoms with Gasteiger partial charge in [-0.3, -0.25) is 4.79 Å². The summed E-state index contributed by atoms with van der Waals surface area (Å²) in [6.45, 7) is 9.38. The van der Waals surface area contributed by atoms with Gasteiger partial charge in [-0.05, 0) is 24.0 Å². The smallest absolute Gasteiger partial charge is 0.248 e. The fourth-order valence-corrected chi connectivity index (χ4v) is 3.62. The van der Waals surface area contributed by atoms with Crippen molar-refractivity contribution < 1.29 is 9.53 Å². The lowest BCUT2D eigenvalue weighted by molar-refractivity contribution is -0.148. The highest BCUT2D eigenvalue weighted by molar-refractivity contribution is 5.83. The van der Waals surface area contributed by atoms with E-state index in [9.17, 15) is 4.79 Å². The van der Waals surface area contributed by atoms with Crippen LogP contribution in [0.1, 0.15) is 58.5 Å². The molecule has 5 atom stereocenters. The molecule has 4 nitrogen and oxygen atoms in total. The summed E-state index contributed by atoms with van der Waals surface area (Å²) < 4.78 is 8.13. The number of hydrogen-bond acceptors (Lipinski definition) is 2. The van der Waals surface area contributed by atoms with E-state index >= 15 is 0 Å². The summed E-state index contributed by atoms with van der Waals surface area (Å²) in [6.07, 6.45) is 3.91. The van der Waals surface area contributed by atoms with Crippen molar-refractivity contribution in [3.63, 3.8) is 0 Å². The van der Waals surface area contributed by atoms with Crippen molar-refractivity contribution in [3.8, 4) is 0 Å². The van der Waals surface area contributed by atoms with E-state index in [2.05, 4.69) is 38.3 Å². The van der Waals surface area contributed by atoms with Crippen molar-refractivity contribution in [2.75, 3.05) is 6.61 Å². The molecule has 1 aromatic heterocycles. The van der Waals surface area contributed by atoms with Crippen LogP contribution in [0.4, 0.5) is 0 Å². The zero-order chi connectivity index (χ0) is 15.1. The van der Waals surface area contributed by atoms with E-state index in [1.807, 2.05) is 17.2 Å². The molecule has 2 aliphatic rings. The molecule has 1 unspecified atom stereocenters. The molecule has 1 aromatic rings. The van der Waals surface area contributed by atoms with Crippen LogP contribution in [0.25, 0.3) is 0 Å². The molecule has 1 amide bonds. The topological polar surface area (TPSA) is 34.5 Å². The molecular formula is C17H26N2O2. The van der Waals surface area contributed by atoms with E-state index in [1.165, 1.54) is 0 Å². The number of nitrogens with zero attached hydrogens (tertiary/aromatic N) is 2. The van der Waals surface area contributed by atoms with Gasteiger partial charge in [-0.2, -0.15) is 0 Å². The summed E-state index contributed by atoms with van der Waals surface area (Å²) in [5.74, 6) is 1.04. The Balaban J connectivity index is 2.02. The molecule has 0 radical (unpaired) electrons. The van der Waals surface area contributed by atoms with Gasteiger partial charge < -0.3 is 14.2 Å². The Morgan fingerprint density at radius 1 is 1.29 bits per heavy atom. The third-order valence-corrected chi connectivity index (χ3v) is 5.39.